The zero-order valence-electron chi connectivity index (χ0n) is 11.2. The van der Waals surface area contributed by atoms with Gasteiger partial charge in [0.25, 0.3) is 0 Å². The number of nitrogens with zero attached hydrogens (tertiary/aromatic N) is 1. The van der Waals surface area contributed by atoms with Crippen LogP contribution in [0.5, 0.6) is 0 Å². The number of thiophene rings is 1. The van der Waals surface area contributed by atoms with Crippen LogP contribution in [0, 0.1) is 10.1 Å². The summed E-state index contributed by atoms with van der Waals surface area (Å²) in [6.45, 7) is 0.439. The van der Waals surface area contributed by atoms with Gasteiger partial charge in [0.2, 0.25) is 0 Å². The molecule has 0 spiro atoms. The molecule has 1 aliphatic rings. The molecule has 20 heavy (non-hydrogen) atoms. The van der Waals surface area contributed by atoms with Crippen molar-refractivity contribution in [3.05, 3.63) is 16.2 Å². The molecule has 0 saturated heterocycles. The highest BCUT2D eigenvalue weighted by atomic mass is 32.2. The van der Waals surface area contributed by atoms with Gasteiger partial charge in [-0.15, -0.1) is 0 Å². The van der Waals surface area contributed by atoms with Crippen LogP contribution in [0.1, 0.15) is 19.3 Å². The second-order valence-corrected chi connectivity index (χ2v) is 8.20. The number of ether oxygens (including phenoxy) is 1. The smallest absolute Gasteiger partial charge is 0.304 e. The van der Waals surface area contributed by atoms with Gasteiger partial charge in [-0.1, -0.05) is 11.3 Å². The van der Waals surface area contributed by atoms with Gasteiger partial charge in [0.15, 0.2) is 14.8 Å². The lowest BCUT2D eigenvalue weighted by Gasteiger charge is -2.40. The Kier molecular flexibility index (Phi) is 4.03. The fourth-order valence-corrected chi connectivity index (χ4v) is 4.01. The Labute approximate surface area is 121 Å². The summed E-state index contributed by atoms with van der Waals surface area (Å²) in [4.78, 5) is 10.4. The lowest BCUT2D eigenvalue weighted by Crippen LogP contribution is -2.45. The van der Waals surface area contributed by atoms with E-state index in [1.807, 2.05) is 0 Å². The Hall–Kier alpha value is -1.19. The van der Waals surface area contributed by atoms with Crippen molar-refractivity contribution in [2.24, 2.45) is 0 Å². The van der Waals surface area contributed by atoms with Gasteiger partial charge in [-0.25, -0.2) is 8.42 Å². The lowest BCUT2D eigenvalue weighted by molar-refractivity contribution is -0.383. The molecule has 1 heterocycles. The van der Waals surface area contributed by atoms with Gasteiger partial charge in [0.05, 0.1) is 10.5 Å². The summed E-state index contributed by atoms with van der Waals surface area (Å²) in [5, 5.41) is 14.2. The highest BCUT2D eigenvalue weighted by Crippen LogP contribution is 2.40. The Morgan fingerprint density at radius 1 is 1.55 bits per heavy atom. The van der Waals surface area contributed by atoms with Crippen molar-refractivity contribution in [2.75, 3.05) is 25.2 Å². The molecule has 112 valence electrons. The summed E-state index contributed by atoms with van der Waals surface area (Å²) in [5.41, 5.74) is -0.496. The topological polar surface area (TPSA) is 98.5 Å². The SMILES string of the molecule is COC1(CNc2sc(S(C)(=O)=O)cc2[N+](=O)[O-])CCC1. The third-order valence-corrected chi connectivity index (χ3v) is 6.40. The van der Waals surface area contributed by atoms with Gasteiger partial charge < -0.3 is 10.1 Å². The Bertz CT molecular complexity index is 613. The molecule has 1 fully saturated rings. The van der Waals surface area contributed by atoms with E-state index in [1.54, 1.807) is 7.11 Å². The van der Waals surface area contributed by atoms with Crippen LogP contribution in [0.4, 0.5) is 10.7 Å². The lowest BCUT2D eigenvalue weighted by atomic mass is 9.80. The highest BCUT2D eigenvalue weighted by molar-refractivity contribution is 7.92. The van der Waals surface area contributed by atoms with Gasteiger partial charge in [-0.3, -0.25) is 10.1 Å². The summed E-state index contributed by atoms with van der Waals surface area (Å²) in [5.74, 6) is 0. The van der Waals surface area contributed by atoms with Crippen LogP contribution >= 0.6 is 11.3 Å². The Morgan fingerprint density at radius 2 is 2.20 bits per heavy atom. The highest BCUT2D eigenvalue weighted by Gasteiger charge is 2.37. The van der Waals surface area contributed by atoms with Gasteiger partial charge in [0, 0.05) is 26.0 Å². The summed E-state index contributed by atoms with van der Waals surface area (Å²) >= 11 is 0.884. The third-order valence-electron chi connectivity index (χ3n) is 3.52. The number of nitro groups is 1. The van der Waals surface area contributed by atoms with Gasteiger partial charge >= 0.3 is 5.69 Å². The fourth-order valence-electron chi connectivity index (χ4n) is 2.07. The molecular formula is C11H16N2O5S2. The number of hydrogen-bond donors (Lipinski definition) is 1. The second kappa shape index (κ2) is 5.30. The van der Waals surface area contributed by atoms with Crippen LogP contribution in [-0.2, 0) is 14.6 Å². The van der Waals surface area contributed by atoms with Gasteiger partial charge in [-0.05, 0) is 19.3 Å². The molecule has 0 amide bonds. The molecule has 2 rings (SSSR count). The van der Waals surface area contributed by atoms with Crippen molar-refractivity contribution in [1.29, 1.82) is 0 Å². The molecule has 1 aliphatic carbocycles. The molecule has 9 heteroatoms. The molecule has 0 aliphatic heterocycles. The molecule has 0 radical (unpaired) electrons. The number of sulfone groups is 1. The maximum atomic E-state index is 11.5. The first-order valence-corrected chi connectivity index (χ1v) is 8.75. The quantitative estimate of drug-likeness (QED) is 0.636. The number of rotatable bonds is 6. The van der Waals surface area contributed by atoms with Crippen LogP contribution in [0.2, 0.25) is 0 Å². The van der Waals surface area contributed by atoms with E-state index < -0.39 is 14.8 Å². The van der Waals surface area contributed by atoms with Crippen molar-refractivity contribution < 1.29 is 18.1 Å². The van der Waals surface area contributed by atoms with Crippen LogP contribution in [-0.4, -0.2) is 38.9 Å². The first-order chi connectivity index (χ1) is 9.27. The molecule has 1 aromatic heterocycles. The number of anilines is 1. The first kappa shape index (κ1) is 15.2. The predicted octanol–water partition coefficient (Wildman–Crippen LogP) is 2.04. The minimum Gasteiger partial charge on any atom is -0.376 e. The minimum absolute atomic E-state index is 0.00761. The van der Waals surface area contributed by atoms with E-state index in [4.69, 9.17) is 4.74 Å². The predicted molar refractivity (Wildman–Crippen MR) is 76.2 cm³/mol. The standard InChI is InChI=1S/C11H16N2O5S2/c1-18-11(4-3-5-11)7-12-10-8(13(14)15)6-9(19-10)20(2,16)17/h6,12H,3-5,7H2,1-2H3. The van der Waals surface area contributed by atoms with Crippen LogP contribution in [0.3, 0.4) is 0 Å². The normalized spacial score (nSPS) is 17.5. The molecule has 0 bridgehead atoms. The van der Waals surface area contributed by atoms with E-state index >= 15 is 0 Å². The van der Waals surface area contributed by atoms with Crippen molar-refractivity contribution >= 4 is 31.9 Å². The van der Waals surface area contributed by atoms with E-state index in [1.165, 1.54) is 0 Å². The zero-order chi connectivity index (χ0) is 15.0. The zero-order valence-corrected chi connectivity index (χ0v) is 12.8. The van der Waals surface area contributed by atoms with E-state index in [9.17, 15) is 18.5 Å². The maximum Gasteiger partial charge on any atom is 0.304 e. The number of hydrogen-bond acceptors (Lipinski definition) is 7. The summed E-state index contributed by atoms with van der Waals surface area (Å²) in [7, 11) is -1.83. The molecule has 7 nitrogen and oxygen atoms in total. The van der Waals surface area contributed by atoms with E-state index in [-0.39, 0.29) is 20.5 Å². The van der Waals surface area contributed by atoms with Crippen molar-refractivity contribution in [1.82, 2.24) is 0 Å². The number of methoxy groups -OCH3 is 1. The average molecular weight is 320 g/mol. The Balaban J connectivity index is 2.22. The number of nitrogens with one attached hydrogen (secondary N) is 1. The van der Waals surface area contributed by atoms with Gasteiger partial charge in [-0.2, -0.15) is 0 Å². The monoisotopic (exact) mass is 320 g/mol. The second-order valence-electron chi connectivity index (χ2n) is 4.90. The molecule has 0 unspecified atom stereocenters. The molecule has 1 aromatic rings. The Morgan fingerprint density at radius 3 is 2.60 bits per heavy atom. The van der Waals surface area contributed by atoms with Crippen molar-refractivity contribution in [3.8, 4) is 0 Å². The molecule has 1 saturated carbocycles. The molecule has 0 atom stereocenters. The average Bonchev–Trinajstić information content (AvgIpc) is 2.72. The fraction of sp³-hybridized carbons (Fsp3) is 0.636. The first-order valence-electron chi connectivity index (χ1n) is 6.05. The minimum atomic E-state index is -3.45. The van der Waals surface area contributed by atoms with Crippen LogP contribution in [0.25, 0.3) is 0 Å². The largest absolute Gasteiger partial charge is 0.376 e. The summed E-state index contributed by atoms with van der Waals surface area (Å²) in [6, 6.07) is 1.10. The van der Waals surface area contributed by atoms with E-state index in [2.05, 4.69) is 5.32 Å². The maximum absolute atomic E-state index is 11.5. The summed E-state index contributed by atoms with van der Waals surface area (Å²) < 4.78 is 28.4. The van der Waals surface area contributed by atoms with Crippen LogP contribution in [0.15, 0.2) is 10.3 Å². The molecule has 0 aromatic carbocycles. The summed E-state index contributed by atoms with van der Waals surface area (Å²) in [6.07, 6.45) is 3.90. The van der Waals surface area contributed by atoms with Gasteiger partial charge in [0.1, 0.15) is 4.21 Å². The van der Waals surface area contributed by atoms with Crippen molar-refractivity contribution in [3.63, 3.8) is 0 Å². The van der Waals surface area contributed by atoms with E-state index in [0.717, 1.165) is 42.9 Å². The van der Waals surface area contributed by atoms with Crippen molar-refractivity contribution in [2.45, 2.75) is 29.1 Å². The van der Waals surface area contributed by atoms with Crippen LogP contribution < -0.4 is 5.32 Å². The molecular weight excluding hydrogens is 304 g/mol. The third kappa shape index (κ3) is 2.94. The van der Waals surface area contributed by atoms with E-state index in [0.29, 0.717) is 6.54 Å². The molecule has 1 N–H and O–H groups in total.